The molecule has 1 saturated heterocycles. The van der Waals surface area contributed by atoms with Crippen LogP contribution in [0.2, 0.25) is 0 Å². The summed E-state index contributed by atoms with van der Waals surface area (Å²) >= 11 is 0. The molecular weight excluding hydrogens is 223 g/mol. The monoisotopic (exact) mass is 238 g/mol. The van der Waals surface area contributed by atoms with Gasteiger partial charge >= 0.3 is 0 Å². The number of aromatic nitrogens is 1. The first kappa shape index (κ1) is 12.1. The van der Waals surface area contributed by atoms with Gasteiger partial charge in [-0.05, 0) is 12.6 Å². The van der Waals surface area contributed by atoms with Crippen LogP contribution in [0, 0.1) is 5.82 Å². The molecule has 92 valence electrons. The predicted octanol–water partition coefficient (Wildman–Crippen LogP) is 1.12. The fourth-order valence-electron chi connectivity index (χ4n) is 1.90. The van der Waals surface area contributed by atoms with Gasteiger partial charge in [-0.2, -0.15) is 0 Å². The van der Waals surface area contributed by atoms with Gasteiger partial charge in [-0.25, -0.2) is 4.39 Å². The van der Waals surface area contributed by atoms with E-state index >= 15 is 0 Å². The Kier molecular flexibility index (Phi) is 3.81. The number of hydrogen-bond donors (Lipinski definition) is 0. The SMILES string of the molecule is CCN1CCOC(C(=O)c2ccncc2F)C1. The Bertz CT molecular complexity index is 411. The fourth-order valence-corrected chi connectivity index (χ4v) is 1.90. The molecule has 1 aliphatic heterocycles. The van der Waals surface area contributed by atoms with Gasteiger partial charge in [-0.3, -0.25) is 14.7 Å². The van der Waals surface area contributed by atoms with E-state index in [1.165, 1.54) is 12.3 Å². The number of likely N-dealkylation sites (N-methyl/N-ethyl adjacent to an activating group) is 1. The maximum absolute atomic E-state index is 13.4. The van der Waals surface area contributed by atoms with Crippen LogP contribution in [-0.2, 0) is 4.74 Å². The van der Waals surface area contributed by atoms with Gasteiger partial charge in [-0.15, -0.1) is 0 Å². The summed E-state index contributed by atoms with van der Waals surface area (Å²) in [4.78, 5) is 17.8. The van der Waals surface area contributed by atoms with Gasteiger partial charge in [0.05, 0.1) is 18.4 Å². The first-order valence-electron chi connectivity index (χ1n) is 5.70. The second kappa shape index (κ2) is 5.33. The third-order valence-electron chi connectivity index (χ3n) is 2.93. The summed E-state index contributed by atoms with van der Waals surface area (Å²) in [6.07, 6.45) is 1.89. The van der Waals surface area contributed by atoms with Gasteiger partial charge in [0.15, 0.2) is 11.6 Å². The predicted molar refractivity (Wildman–Crippen MR) is 60.4 cm³/mol. The molecule has 0 aliphatic carbocycles. The minimum Gasteiger partial charge on any atom is -0.367 e. The molecule has 1 aliphatic rings. The van der Waals surface area contributed by atoms with Crippen LogP contribution in [0.25, 0.3) is 0 Å². The third kappa shape index (κ3) is 2.68. The van der Waals surface area contributed by atoms with E-state index in [0.717, 1.165) is 19.3 Å². The maximum atomic E-state index is 13.4. The van der Waals surface area contributed by atoms with E-state index in [4.69, 9.17) is 4.74 Å². The first-order valence-corrected chi connectivity index (χ1v) is 5.70. The molecule has 5 heteroatoms. The zero-order valence-corrected chi connectivity index (χ0v) is 9.73. The smallest absolute Gasteiger partial charge is 0.195 e. The molecule has 0 spiro atoms. The Labute approximate surface area is 99.4 Å². The molecule has 0 amide bonds. The normalized spacial score (nSPS) is 21.4. The van der Waals surface area contributed by atoms with E-state index in [1.807, 2.05) is 6.92 Å². The van der Waals surface area contributed by atoms with Crippen molar-refractivity contribution < 1.29 is 13.9 Å². The number of pyridine rings is 1. The Balaban J connectivity index is 2.12. The number of carbonyl (C=O) groups is 1. The van der Waals surface area contributed by atoms with E-state index in [2.05, 4.69) is 9.88 Å². The highest BCUT2D eigenvalue weighted by Gasteiger charge is 2.28. The lowest BCUT2D eigenvalue weighted by molar-refractivity contribution is -0.0150. The molecule has 2 heterocycles. The number of morpholine rings is 1. The van der Waals surface area contributed by atoms with E-state index in [-0.39, 0.29) is 11.3 Å². The molecule has 1 atom stereocenters. The van der Waals surface area contributed by atoms with Crippen molar-refractivity contribution in [2.45, 2.75) is 13.0 Å². The van der Waals surface area contributed by atoms with Gasteiger partial charge in [-0.1, -0.05) is 6.92 Å². The molecule has 0 N–H and O–H groups in total. The summed E-state index contributed by atoms with van der Waals surface area (Å²) < 4.78 is 18.8. The molecule has 1 unspecified atom stereocenters. The van der Waals surface area contributed by atoms with Crippen molar-refractivity contribution in [3.05, 3.63) is 29.8 Å². The van der Waals surface area contributed by atoms with Crippen LogP contribution in [0.3, 0.4) is 0 Å². The Hall–Kier alpha value is -1.33. The summed E-state index contributed by atoms with van der Waals surface area (Å²) in [5.74, 6) is -0.891. The van der Waals surface area contributed by atoms with E-state index in [9.17, 15) is 9.18 Å². The summed E-state index contributed by atoms with van der Waals surface area (Å²) in [6, 6.07) is 1.39. The molecule has 4 nitrogen and oxygen atoms in total. The standard InChI is InChI=1S/C12H15FN2O2/c1-2-15-5-6-17-11(8-15)12(16)9-3-4-14-7-10(9)13/h3-4,7,11H,2,5-6,8H2,1H3. The van der Waals surface area contributed by atoms with Crippen molar-refractivity contribution in [2.75, 3.05) is 26.2 Å². The highest BCUT2D eigenvalue weighted by molar-refractivity contribution is 5.99. The maximum Gasteiger partial charge on any atom is 0.195 e. The second-order valence-corrected chi connectivity index (χ2v) is 3.97. The minimum atomic E-state index is -0.588. The molecule has 1 aromatic rings. The van der Waals surface area contributed by atoms with Crippen molar-refractivity contribution >= 4 is 5.78 Å². The van der Waals surface area contributed by atoms with Gasteiger partial charge in [0.2, 0.25) is 0 Å². The van der Waals surface area contributed by atoms with Crippen LogP contribution in [0.5, 0.6) is 0 Å². The van der Waals surface area contributed by atoms with Crippen molar-refractivity contribution in [3.63, 3.8) is 0 Å². The molecule has 0 bridgehead atoms. The molecule has 0 aromatic carbocycles. The van der Waals surface area contributed by atoms with Crippen molar-refractivity contribution in [1.82, 2.24) is 9.88 Å². The highest BCUT2D eigenvalue weighted by atomic mass is 19.1. The zero-order chi connectivity index (χ0) is 12.3. The van der Waals surface area contributed by atoms with E-state index in [0.29, 0.717) is 13.2 Å². The number of carbonyl (C=O) groups excluding carboxylic acids is 1. The van der Waals surface area contributed by atoms with Crippen LogP contribution in [0.1, 0.15) is 17.3 Å². The topological polar surface area (TPSA) is 42.4 Å². The van der Waals surface area contributed by atoms with Crippen LogP contribution in [0.15, 0.2) is 18.5 Å². The fraction of sp³-hybridized carbons (Fsp3) is 0.500. The number of ketones is 1. The summed E-state index contributed by atoms with van der Waals surface area (Å²) in [6.45, 7) is 4.75. The second-order valence-electron chi connectivity index (χ2n) is 3.97. The zero-order valence-electron chi connectivity index (χ0n) is 9.73. The number of ether oxygens (including phenoxy) is 1. The van der Waals surface area contributed by atoms with Gasteiger partial charge in [0.25, 0.3) is 0 Å². The van der Waals surface area contributed by atoms with Crippen LogP contribution in [0.4, 0.5) is 4.39 Å². The van der Waals surface area contributed by atoms with Crippen molar-refractivity contribution in [1.29, 1.82) is 0 Å². The Morgan fingerprint density at radius 1 is 1.71 bits per heavy atom. The number of rotatable bonds is 3. The number of nitrogens with zero attached hydrogens (tertiary/aromatic N) is 2. The Morgan fingerprint density at radius 3 is 3.24 bits per heavy atom. The highest BCUT2D eigenvalue weighted by Crippen LogP contribution is 2.13. The Morgan fingerprint density at radius 2 is 2.53 bits per heavy atom. The van der Waals surface area contributed by atoms with E-state index < -0.39 is 11.9 Å². The lowest BCUT2D eigenvalue weighted by Crippen LogP contribution is -2.46. The summed E-state index contributed by atoms with van der Waals surface area (Å²) in [5.41, 5.74) is 0.0583. The van der Waals surface area contributed by atoms with Crippen LogP contribution < -0.4 is 0 Å². The number of Topliss-reactive ketones (excluding diaryl/α,β-unsaturated/α-hetero) is 1. The molecule has 2 rings (SSSR count). The summed E-state index contributed by atoms with van der Waals surface area (Å²) in [7, 11) is 0. The number of hydrogen-bond acceptors (Lipinski definition) is 4. The largest absolute Gasteiger partial charge is 0.367 e. The average Bonchev–Trinajstić information content (AvgIpc) is 2.38. The quantitative estimate of drug-likeness (QED) is 0.740. The molecule has 0 radical (unpaired) electrons. The molecule has 1 fully saturated rings. The van der Waals surface area contributed by atoms with Crippen LogP contribution >= 0.6 is 0 Å². The lowest BCUT2D eigenvalue weighted by Gasteiger charge is -2.31. The van der Waals surface area contributed by atoms with E-state index in [1.54, 1.807) is 0 Å². The molecular formula is C12H15FN2O2. The van der Waals surface area contributed by atoms with Gasteiger partial charge < -0.3 is 4.74 Å². The van der Waals surface area contributed by atoms with Crippen LogP contribution in [-0.4, -0.2) is 48.0 Å². The molecule has 17 heavy (non-hydrogen) atoms. The van der Waals surface area contributed by atoms with Gasteiger partial charge in [0, 0.05) is 19.3 Å². The number of halogens is 1. The summed E-state index contributed by atoms with van der Waals surface area (Å²) in [5, 5.41) is 0. The first-order chi connectivity index (χ1) is 8.22. The molecule has 1 aromatic heterocycles. The van der Waals surface area contributed by atoms with Crippen molar-refractivity contribution in [2.24, 2.45) is 0 Å². The van der Waals surface area contributed by atoms with Crippen molar-refractivity contribution in [3.8, 4) is 0 Å². The average molecular weight is 238 g/mol. The third-order valence-corrected chi connectivity index (χ3v) is 2.93. The lowest BCUT2D eigenvalue weighted by atomic mass is 10.1. The van der Waals surface area contributed by atoms with Gasteiger partial charge in [0.1, 0.15) is 6.10 Å². The minimum absolute atomic E-state index is 0.0583. The molecule has 0 saturated carbocycles.